The van der Waals surface area contributed by atoms with Gasteiger partial charge in [0.1, 0.15) is 0 Å². The second kappa shape index (κ2) is 4.52. The first kappa shape index (κ1) is 13.9. The molecule has 0 aliphatic carbocycles. The maximum atomic E-state index is 11.3. The molecule has 12 heteroatoms. The van der Waals surface area contributed by atoms with E-state index in [0.717, 1.165) is 0 Å². The molecule has 0 fully saturated rings. The van der Waals surface area contributed by atoms with E-state index in [2.05, 4.69) is 4.42 Å². The third-order valence-electron chi connectivity index (χ3n) is 2.51. The van der Waals surface area contributed by atoms with Crippen molar-refractivity contribution in [3.8, 4) is 5.75 Å². The Morgan fingerprint density at radius 1 is 0.952 bits per heavy atom. The van der Waals surface area contributed by atoms with Crippen LogP contribution >= 0.6 is 0 Å². The van der Waals surface area contributed by atoms with E-state index >= 15 is 0 Å². The van der Waals surface area contributed by atoms with Crippen molar-refractivity contribution < 1.29 is 24.3 Å². The Morgan fingerprint density at radius 2 is 1.48 bits per heavy atom. The number of benzene rings is 1. The van der Waals surface area contributed by atoms with Crippen molar-refractivity contribution in [1.82, 2.24) is 0 Å². The van der Waals surface area contributed by atoms with Crippen molar-refractivity contribution in [2.24, 2.45) is 0 Å². The summed E-state index contributed by atoms with van der Waals surface area (Å²) in [6.07, 6.45) is 0. The van der Waals surface area contributed by atoms with E-state index in [1.807, 2.05) is 0 Å². The van der Waals surface area contributed by atoms with Crippen LogP contribution < -0.4 is 5.63 Å². The van der Waals surface area contributed by atoms with Gasteiger partial charge in [0.15, 0.2) is 0 Å². The lowest BCUT2D eigenvalue weighted by Crippen LogP contribution is -2.07. The van der Waals surface area contributed by atoms with Crippen LogP contribution in [0.2, 0.25) is 0 Å². The van der Waals surface area contributed by atoms with E-state index in [4.69, 9.17) is 0 Å². The zero-order valence-electron chi connectivity index (χ0n) is 9.71. The summed E-state index contributed by atoms with van der Waals surface area (Å²) in [5.41, 5.74) is -5.58. The molecule has 2 rings (SSSR count). The maximum Gasteiger partial charge on any atom is 0.415 e. The zero-order valence-corrected chi connectivity index (χ0v) is 9.71. The van der Waals surface area contributed by atoms with Crippen molar-refractivity contribution in [3.05, 3.63) is 52.9 Å². The molecule has 12 nitrogen and oxygen atoms in total. The minimum Gasteiger partial charge on any atom is -0.497 e. The molecule has 1 N–H and O–H groups in total. The molecule has 0 amide bonds. The van der Waals surface area contributed by atoms with Gasteiger partial charge >= 0.3 is 22.7 Å². The second-order valence-corrected chi connectivity index (χ2v) is 3.70. The number of hydrogen-bond donors (Lipinski definition) is 1. The van der Waals surface area contributed by atoms with Crippen molar-refractivity contribution in [2.75, 3.05) is 0 Å². The standard InChI is InChI=1S/C9H3N3O9/c13-7-4(10(15)16)1-3-2-5(11(17)18)9(14)21-8(3)6(7)12(19)20/h1-2,13H. The molecule has 1 aromatic heterocycles. The van der Waals surface area contributed by atoms with Crippen LogP contribution in [0.1, 0.15) is 0 Å². The third-order valence-corrected chi connectivity index (χ3v) is 2.51. The monoisotopic (exact) mass is 297 g/mol. The molecule has 0 saturated carbocycles. The van der Waals surface area contributed by atoms with Gasteiger partial charge in [0.05, 0.1) is 14.8 Å². The van der Waals surface area contributed by atoms with Crippen molar-refractivity contribution in [1.29, 1.82) is 0 Å². The van der Waals surface area contributed by atoms with E-state index in [9.17, 15) is 40.2 Å². The van der Waals surface area contributed by atoms with Crippen LogP contribution in [0.15, 0.2) is 21.3 Å². The Hall–Kier alpha value is -3.57. The fourth-order valence-electron chi connectivity index (χ4n) is 1.65. The average molecular weight is 297 g/mol. The van der Waals surface area contributed by atoms with Crippen LogP contribution in [0.5, 0.6) is 5.75 Å². The molecule has 0 aliphatic heterocycles. The zero-order chi connectivity index (χ0) is 15.9. The summed E-state index contributed by atoms with van der Waals surface area (Å²) in [6, 6.07) is 1.23. The van der Waals surface area contributed by atoms with E-state index in [0.29, 0.717) is 12.1 Å². The van der Waals surface area contributed by atoms with Gasteiger partial charge in [-0.15, -0.1) is 0 Å². The molecule has 1 aromatic carbocycles. The SMILES string of the molecule is O=c1oc2c([N+](=O)[O-])c(O)c([N+](=O)[O-])cc2cc1[N+](=O)[O-]. The van der Waals surface area contributed by atoms with Gasteiger partial charge in [-0.25, -0.2) is 4.79 Å². The van der Waals surface area contributed by atoms with Gasteiger partial charge in [0, 0.05) is 17.5 Å². The summed E-state index contributed by atoms with van der Waals surface area (Å²) in [5.74, 6) is -1.31. The summed E-state index contributed by atoms with van der Waals surface area (Å²) in [7, 11) is 0. The number of nitro benzene ring substituents is 2. The average Bonchev–Trinajstić information content (AvgIpc) is 2.36. The fourth-order valence-corrected chi connectivity index (χ4v) is 1.65. The summed E-state index contributed by atoms with van der Waals surface area (Å²) >= 11 is 0. The second-order valence-electron chi connectivity index (χ2n) is 3.70. The van der Waals surface area contributed by atoms with Crippen LogP contribution in [0.4, 0.5) is 17.1 Å². The Labute approximate surface area is 112 Å². The number of nitrogens with zero attached hydrogens (tertiary/aromatic N) is 3. The van der Waals surface area contributed by atoms with E-state index in [1.165, 1.54) is 0 Å². The lowest BCUT2D eigenvalue weighted by atomic mass is 10.1. The molecule has 0 radical (unpaired) electrons. The summed E-state index contributed by atoms with van der Waals surface area (Å²) in [6.45, 7) is 0. The van der Waals surface area contributed by atoms with Crippen LogP contribution in [-0.2, 0) is 0 Å². The molecule has 0 bridgehead atoms. The third kappa shape index (κ3) is 2.09. The molecule has 0 atom stereocenters. The molecule has 1 heterocycles. The van der Waals surface area contributed by atoms with Gasteiger partial charge in [-0.05, 0) is 0 Å². The van der Waals surface area contributed by atoms with Gasteiger partial charge < -0.3 is 9.52 Å². The highest BCUT2D eigenvalue weighted by atomic mass is 16.6. The van der Waals surface area contributed by atoms with Gasteiger partial charge in [0.25, 0.3) is 5.75 Å². The van der Waals surface area contributed by atoms with Crippen LogP contribution in [0.25, 0.3) is 11.0 Å². The Balaban J connectivity index is 3.03. The highest BCUT2D eigenvalue weighted by molar-refractivity contribution is 5.92. The fraction of sp³-hybridized carbons (Fsp3) is 0. The van der Waals surface area contributed by atoms with Gasteiger partial charge in [0.2, 0.25) is 5.58 Å². The number of phenolic OH excluding ortho intramolecular Hbond substituents is 1. The quantitative estimate of drug-likeness (QED) is 0.494. The van der Waals surface area contributed by atoms with Crippen molar-refractivity contribution in [2.45, 2.75) is 0 Å². The largest absolute Gasteiger partial charge is 0.497 e. The van der Waals surface area contributed by atoms with E-state index < -0.39 is 54.2 Å². The number of phenols is 1. The highest BCUT2D eigenvalue weighted by Crippen LogP contribution is 2.41. The van der Waals surface area contributed by atoms with Crippen molar-refractivity contribution in [3.63, 3.8) is 0 Å². The maximum absolute atomic E-state index is 11.3. The van der Waals surface area contributed by atoms with E-state index in [-0.39, 0.29) is 0 Å². The van der Waals surface area contributed by atoms with Gasteiger partial charge in [-0.2, -0.15) is 0 Å². The first-order valence-corrected chi connectivity index (χ1v) is 5.01. The molecule has 0 spiro atoms. The predicted octanol–water partition coefficient (Wildman–Crippen LogP) is 1.22. The Morgan fingerprint density at radius 3 is 1.95 bits per heavy atom. The lowest BCUT2D eigenvalue weighted by molar-refractivity contribution is -0.395. The topological polar surface area (TPSA) is 180 Å². The normalized spacial score (nSPS) is 10.5. The minimum atomic E-state index is -1.48. The smallest absolute Gasteiger partial charge is 0.415 e. The molecular weight excluding hydrogens is 294 g/mol. The molecule has 0 saturated heterocycles. The summed E-state index contributed by atoms with van der Waals surface area (Å²) < 4.78 is 4.44. The molecule has 2 aromatic rings. The van der Waals surface area contributed by atoms with Crippen LogP contribution in [0.3, 0.4) is 0 Å². The molecular formula is C9H3N3O9. The number of rotatable bonds is 3. The number of hydrogen-bond acceptors (Lipinski definition) is 9. The molecule has 0 aliphatic rings. The van der Waals surface area contributed by atoms with Crippen LogP contribution in [0, 0.1) is 30.3 Å². The van der Waals surface area contributed by atoms with Crippen molar-refractivity contribution >= 4 is 28.0 Å². The van der Waals surface area contributed by atoms with E-state index in [1.54, 1.807) is 0 Å². The summed E-state index contributed by atoms with van der Waals surface area (Å²) in [5, 5.41) is 41.3. The van der Waals surface area contributed by atoms with Crippen LogP contribution in [-0.4, -0.2) is 19.9 Å². The number of fused-ring (bicyclic) bond motifs is 1. The molecule has 0 unspecified atom stereocenters. The molecule has 108 valence electrons. The minimum absolute atomic E-state index is 0.433. The van der Waals surface area contributed by atoms with Gasteiger partial charge in [-0.3, -0.25) is 30.3 Å². The highest BCUT2D eigenvalue weighted by Gasteiger charge is 2.32. The first-order valence-electron chi connectivity index (χ1n) is 5.01. The summed E-state index contributed by atoms with van der Waals surface area (Å²) in [4.78, 5) is 40.1. The molecule has 21 heavy (non-hydrogen) atoms. The Kier molecular flexibility index (Phi) is 2.98. The number of aromatic hydroxyl groups is 1. The van der Waals surface area contributed by atoms with Gasteiger partial charge in [-0.1, -0.05) is 0 Å². The first-order chi connectivity index (χ1) is 9.73. The Bertz CT molecular complexity index is 869. The lowest BCUT2D eigenvalue weighted by Gasteiger charge is -2.01. The predicted molar refractivity (Wildman–Crippen MR) is 64.1 cm³/mol. The number of nitro groups is 3.